The molecule has 2 rings (SSSR count). The number of aryl methyl sites for hydroxylation is 2. The summed E-state index contributed by atoms with van der Waals surface area (Å²) in [5.41, 5.74) is 4.82. The first-order valence-corrected chi connectivity index (χ1v) is 12.6. The molecule has 0 heterocycles. The summed E-state index contributed by atoms with van der Waals surface area (Å²) >= 11 is 0. The van der Waals surface area contributed by atoms with Gasteiger partial charge in [-0.1, -0.05) is 58.0 Å². The molecule has 1 N–H and O–H groups in total. The van der Waals surface area contributed by atoms with E-state index in [-0.39, 0.29) is 17.4 Å². The first-order chi connectivity index (χ1) is 14.3. The average Bonchev–Trinajstić information content (AvgIpc) is 2.66. The fourth-order valence-electron chi connectivity index (χ4n) is 3.59. The Kier molecular flexibility index (Phi) is 7.58. The molecular weight excluding hydrogens is 408 g/mol. The van der Waals surface area contributed by atoms with Gasteiger partial charge in [0.1, 0.15) is 6.04 Å². The summed E-state index contributed by atoms with van der Waals surface area (Å²) in [5, 5.41) is 3.01. The largest absolute Gasteiger partial charge is 0.348 e. The molecule has 0 radical (unpaired) electrons. The maximum Gasteiger partial charge on any atom is 0.244 e. The predicted molar refractivity (Wildman–Crippen MR) is 129 cm³/mol. The van der Waals surface area contributed by atoms with Crippen LogP contribution in [0.2, 0.25) is 0 Å². The minimum absolute atomic E-state index is 0.0560. The lowest BCUT2D eigenvalue weighted by Gasteiger charge is -2.31. The van der Waals surface area contributed by atoms with Gasteiger partial charge < -0.3 is 5.32 Å². The quantitative estimate of drug-likeness (QED) is 0.652. The predicted octanol–water partition coefficient (Wildman–Crippen LogP) is 5.02. The molecule has 0 unspecified atom stereocenters. The number of hydrogen-bond acceptors (Lipinski definition) is 3. The van der Waals surface area contributed by atoms with Gasteiger partial charge in [-0.05, 0) is 67.0 Å². The molecule has 5 nitrogen and oxygen atoms in total. The van der Waals surface area contributed by atoms with E-state index in [9.17, 15) is 13.2 Å². The topological polar surface area (TPSA) is 66.5 Å². The van der Waals surface area contributed by atoms with Gasteiger partial charge in [-0.3, -0.25) is 9.10 Å². The van der Waals surface area contributed by atoms with Crippen molar-refractivity contribution in [3.05, 3.63) is 64.7 Å². The van der Waals surface area contributed by atoms with Crippen molar-refractivity contribution in [2.45, 2.75) is 72.4 Å². The molecule has 0 spiro atoms. The van der Waals surface area contributed by atoms with Crippen LogP contribution >= 0.6 is 0 Å². The van der Waals surface area contributed by atoms with E-state index < -0.39 is 16.1 Å². The van der Waals surface area contributed by atoms with E-state index in [0.717, 1.165) is 22.9 Å². The maximum absolute atomic E-state index is 13.2. The molecule has 2 atom stereocenters. The summed E-state index contributed by atoms with van der Waals surface area (Å²) in [5.74, 6) is -0.307. The van der Waals surface area contributed by atoms with Crippen LogP contribution in [-0.2, 0) is 20.2 Å². The molecule has 0 aliphatic heterocycles. The lowest BCUT2D eigenvalue weighted by Crippen LogP contribution is -2.49. The zero-order chi connectivity index (χ0) is 23.6. The van der Waals surface area contributed by atoms with Crippen LogP contribution in [0.1, 0.15) is 69.3 Å². The van der Waals surface area contributed by atoms with Crippen LogP contribution < -0.4 is 9.62 Å². The molecule has 0 saturated heterocycles. The average molecular weight is 445 g/mol. The molecule has 31 heavy (non-hydrogen) atoms. The second kappa shape index (κ2) is 9.43. The number of hydrogen-bond donors (Lipinski definition) is 1. The van der Waals surface area contributed by atoms with Crippen LogP contribution in [0.25, 0.3) is 0 Å². The van der Waals surface area contributed by atoms with Crippen molar-refractivity contribution in [1.29, 1.82) is 0 Å². The van der Waals surface area contributed by atoms with Crippen molar-refractivity contribution in [3.63, 3.8) is 0 Å². The highest BCUT2D eigenvalue weighted by molar-refractivity contribution is 7.92. The summed E-state index contributed by atoms with van der Waals surface area (Å²) < 4.78 is 26.6. The van der Waals surface area contributed by atoms with E-state index >= 15 is 0 Å². The van der Waals surface area contributed by atoms with E-state index in [2.05, 4.69) is 38.2 Å². The number of carbonyl (C=O) groups is 1. The van der Waals surface area contributed by atoms with Gasteiger partial charge in [-0.15, -0.1) is 0 Å². The third-order valence-electron chi connectivity index (χ3n) is 5.71. The van der Waals surface area contributed by atoms with Crippen LogP contribution in [0.3, 0.4) is 0 Å². The molecule has 0 saturated carbocycles. The first-order valence-electron chi connectivity index (χ1n) is 10.7. The summed E-state index contributed by atoms with van der Waals surface area (Å²) in [6.07, 6.45) is 1.51. The molecule has 0 fully saturated rings. The summed E-state index contributed by atoms with van der Waals surface area (Å²) in [7, 11) is -3.65. The number of rotatable bonds is 7. The van der Waals surface area contributed by atoms with Gasteiger partial charge in [0.05, 0.1) is 18.0 Å². The Labute approximate surface area is 187 Å². The Bertz CT molecular complexity index is 1020. The van der Waals surface area contributed by atoms with Crippen molar-refractivity contribution < 1.29 is 13.2 Å². The van der Waals surface area contributed by atoms with Gasteiger partial charge in [-0.25, -0.2) is 8.42 Å². The summed E-state index contributed by atoms with van der Waals surface area (Å²) in [6, 6.07) is 12.6. The van der Waals surface area contributed by atoms with Gasteiger partial charge in [-0.2, -0.15) is 0 Å². The highest BCUT2D eigenvalue weighted by atomic mass is 32.2. The Morgan fingerprint density at radius 3 is 2.06 bits per heavy atom. The third-order valence-corrected chi connectivity index (χ3v) is 6.89. The Morgan fingerprint density at radius 1 is 1.03 bits per heavy atom. The van der Waals surface area contributed by atoms with Crippen molar-refractivity contribution in [1.82, 2.24) is 5.32 Å². The highest BCUT2D eigenvalue weighted by Gasteiger charge is 2.32. The Balaban J connectivity index is 2.30. The van der Waals surface area contributed by atoms with Crippen LogP contribution in [0.5, 0.6) is 0 Å². The number of amides is 1. The molecule has 0 aliphatic rings. The van der Waals surface area contributed by atoms with Gasteiger partial charge in [0, 0.05) is 0 Å². The minimum Gasteiger partial charge on any atom is -0.348 e. The van der Waals surface area contributed by atoms with Crippen LogP contribution in [0.15, 0.2) is 42.5 Å². The van der Waals surface area contributed by atoms with E-state index in [0.29, 0.717) is 12.1 Å². The second-order valence-electron chi connectivity index (χ2n) is 9.35. The second-order valence-corrected chi connectivity index (χ2v) is 11.2. The summed E-state index contributed by atoms with van der Waals surface area (Å²) in [4.78, 5) is 13.2. The zero-order valence-corrected chi connectivity index (χ0v) is 20.8. The molecule has 1 amide bonds. The zero-order valence-electron chi connectivity index (χ0n) is 20.0. The van der Waals surface area contributed by atoms with Crippen LogP contribution in [-0.4, -0.2) is 26.6 Å². The number of carbonyl (C=O) groups excluding carboxylic acids is 1. The number of sulfonamides is 1. The van der Waals surface area contributed by atoms with Gasteiger partial charge in [0.2, 0.25) is 15.9 Å². The fourth-order valence-corrected chi connectivity index (χ4v) is 4.79. The molecule has 0 bridgehead atoms. The van der Waals surface area contributed by atoms with Gasteiger partial charge >= 0.3 is 0 Å². The lowest BCUT2D eigenvalue weighted by molar-refractivity contribution is -0.122. The number of nitrogens with one attached hydrogen (secondary N) is 1. The monoisotopic (exact) mass is 444 g/mol. The molecule has 0 aliphatic carbocycles. The molecule has 0 aromatic heterocycles. The Hall–Kier alpha value is -2.34. The van der Waals surface area contributed by atoms with E-state index in [1.54, 1.807) is 6.07 Å². The molecule has 170 valence electrons. The summed E-state index contributed by atoms with van der Waals surface area (Å²) in [6.45, 7) is 14.1. The van der Waals surface area contributed by atoms with E-state index in [1.165, 1.54) is 9.87 Å². The van der Waals surface area contributed by atoms with Crippen molar-refractivity contribution in [2.24, 2.45) is 0 Å². The van der Waals surface area contributed by atoms with Crippen LogP contribution in [0, 0.1) is 13.8 Å². The van der Waals surface area contributed by atoms with Crippen molar-refractivity contribution in [3.8, 4) is 0 Å². The molecule has 2 aromatic carbocycles. The smallest absolute Gasteiger partial charge is 0.244 e. The molecular formula is C25H36N2O3S. The lowest BCUT2D eigenvalue weighted by atomic mass is 9.86. The maximum atomic E-state index is 13.2. The molecule has 6 heteroatoms. The van der Waals surface area contributed by atoms with Gasteiger partial charge in [0.15, 0.2) is 0 Å². The Morgan fingerprint density at radius 2 is 1.61 bits per heavy atom. The number of anilines is 1. The standard InChI is InChI=1S/C25H36N2O3S/c1-9-23(27(31(8,29)30)22-15-10-17(2)18(3)16-22)24(28)26-19(4)20-11-13-21(14-12-20)25(5,6)7/h10-16,19,23H,9H2,1-8H3,(H,26,28)/t19-,23+/m1/s1. The van der Waals surface area contributed by atoms with E-state index in [4.69, 9.17) is 0 Å². The van der Waals surface area contributed by atoms with Crippen LogP contribution in [0.4, 0.5) is 5.69 Å². The van der Waals surface area contributed by atoms with Crippen molar-refractivity contribution >= 4 is 21.6 Å². The van der Waals surface area contributed by atoms with E-state index in [1.807, 2.05) is 52.0 Å². The fraction of sp³-hybridized carbons (Fsp3) is 0.480. The third kappa shape index (κ3) is 6.10. The normalized spacial score (nSPS) is 14.1. The SMILES string of the molecule is CC[C@@H](C(=O)N[C@H](C)c1ccc(C(C)(C)C)cc1)N(c1ccc(C)c(C)c1)S(C)(=O)=O. The minimum atomic E-state index is -3.65. The van der Waals surface area contributed by atoms with Crippen molar-refractivity contribution in [2.75, 3.05) is 10.6 Å². The van der Waals surface area contributed by atoms with Gasteiger partial charge in [0.25, 0.3) is 0 Å². The number of benzene rings is 2. The highest BCUT2D eigenvalue weighted by Crippen LogP contribution is 2.27. The number of nitrogens with zero attached hydrogens (tertiary/aromatic N) is 1. The molecule has 2 aromatic rings. The first kappa shape index (κ1) is 24.9.